The normalized spacial score (nSPS) is 20.5. The highest BCUT2D eigenvalue weighted by molar-refractivity contribution is 9.10. The average Bonchev–Trinajstić information content (AvgIpc) is 3.31. The van der Waals surface area contributed by atoms with Crippen molar-refractivity contribution in [1.29, 1.82) is 0 Å². The van der Waals surface area contributed by atoms with Gasteiger partial charge < -0.3 is 5.32 Å². The molecule has 0 radical (unpaired) electrons. The van der Waals surface area contributed by atoms with Crippen LogP contribution in [0.3, 0.4) is 0 Å². The molecule has 2 aliphatic rings. The number of hydrogen-bond acceptors (Lipinski definition) is 3. The molecule has 0 amide bonds. The maximum absolute atomic E-state index is 12.6. The van der Waals surface area contributed by atoms with Crippen LogP contribution >= 0.6 is 15.9 Å². The van der Waals surface area contributed by atoms with E-state index in [0.29, 0.717) is 22.5 Å². The van der Waals surface area contributed by atoms with E-state index in [2.05, 4.69) is 26.0 Å². The first kappa shape index (κ1) is 15.5. The minimum atomic E-state index is -3.46. The molecule has 116 valence electrons. The maximum Gasteiger partial charge on any atom is 0.241 e. The highest BCUT2D eigenvalue weighted by Gasteiger charge is 2.53. The molecule has 0 heterocycles. The molecule has 3 rings (SSSR count). The summed E-state index contributed by atoms with van der Waals surface area (Å²) in [5.74, 6) is 0.749. The zero-order valence-corrected chi connectivity index (χ0v) is 14.6. The first-order chi connectivity index (χ1) is 9.97. The lowest BCUT2D eigenvalue weighted by Crippen LogP contribution is -2.31. The standard InChI is InChI=1S/C15H21BrN2O2S/c1-17-9-11-2-5-13(16)14(8-11)21(19,20)18-10-15(6-7-15)12-3-4-12/h2,5,8,12,17-18H,3-4,6-7,9-10H2,1H3. The van der Waals surface area contributed by atoms with Crippen LogP contribution in [0.1, 0.15) is 31.2 Å². The van der Waals surface area contributed by atoms with Crippen molar-refractivity contribution < 1.29 is 8.42 Å². The zero-order valence-electron chi connectivity index (χ0n) is 12.2. The van der Waals surface area contributed by atoms with Crippen molar-refractivity contribution in [3.63, 3.8) is 0 Å². The van der Waals surface area contributed by atoms with Gasteiger partial charge in [-0.3, -0.25) is 0 Å². The molecule has 0 aromatic heterocycles. The Labute approximate surface area is 134 Å². The molecular weight excluding hydrogens is 352 g/mol. The second-order valence-electron chi connectivity index (χ2n) is 6.26. The van der Waals surface area contributed by atoms with Crippen LogP contribution in [0.5, 0.6) is 0 Å². The van der Waals surface area contributed by atoms with Crippen molar-refractivity contribution >= 4 is 26.0 Å². The predicted molar refractivity (Wildman–Crippen MR) is 86.5 cm³/mol. The first-order valence-corrected chi connectivity index (χ1v) is 9.67. The number of benzene rings is 1. The van der Waals surface area contributed by atoms with E-state index in [-0.39, 0.29) is 5.41 Å². The fraction of sp³-hybridized carbons (Fsp3) is 0.600. The van der Waals surface area contributed by atoms with E-state index in [1.165, 1.54) is 25.7 Å². The summed E-state index contributed by atoms with van der Waals surface area (Å²) in [6.07, 6.45) is 4.87. The fourth-order valence-corrected chi connectivity index (χ4v) is 5.12. The molecule has 1 aromatic carbocycles. The van der Waals surface area contributed by atoms with Gasteiger partial charge in [0.2, 0.25) is 10.0 Å². The Bertz CT molecular complexity index is 637. The third-order valence-electron chi connectivity index (χ3n) is 4.62. The lowest BCUT2D eigenvalue weighted by molar-refractivity contribution is 0.432. The van der Waals surface area contributed by atoms with Crippen LogP contribution in [0.15, 0.2) is 27.6 Å². The molecule has 4 nitrogen and oxygen atoms in total. The van der Waals surface area contributed by atoms with Gasteiger partial charge in [0.15, 0.2) is 0 Å². The summed E-state index contributed by atoms with van der Waals surface area (Å²) >= 11 is 3.36. The van der Waals surface area contributed by atoms with Crippen LogP contribution < -0.4 is 10.0 Å². The number of nitrogens with one attached hydrogen (secondary N) is 2. The molecule has 0 atom stereocenters. The van der Waals surface area contributed by atoms with Crippen LogP contribution in [0, 0.1) is 11.3 Å². The molecular formula is C15H21BrN2O2S. The molecule has 21 heavy (non-hydrogen) atoms. The van der Waals surface area contributed by atoms with Crippen LogP contribution in [-0.4, -0.2) is 22.0 Å². The Kier molecular flexibility index (Phi) is 4.16. The van der Waals surface area contributed by atoms with E-state index in [4.69, 9.17) is 0 Å². The van der Waals surface area contributed by atoms with Crippen LogP contribution in [0.4, 0.5) is 0 Å². The molecule has 0 bridgehead atoms. The smallest absolute Gasteiger partial charge is 0.241 e. The third kappa shape index (κ3) is 3.33. The van der Waals surface area contributed by atoms with Gasteiger partial charge in [-0.15, -0.1) is 0 Å². The highest BCUT2D eigenvalue weighted by Crippen LogP contribution is 2.60. The Morgan fingerprint density at radius 1 is 1.33 bits per heavy atom. The van der Waals surface area contributed by atoms with E-state index in [1.807, 2.05) is 13.1 Å². The average molecular weight is 373 g/mol. The molecule has 2 saturated carbocycles. The Balaban J connectivity index is 1.76. The Morgan fingerprint density at radius 2 is 2.05 bits per heavy atom. The van der Waals surface area contributed by atoms with Gasteiger partial charge in [0, 0.05) is 17.6 Å². The molecule has 2 aliphatic carbocycles. The molecule has 1 aromatic rings. The summed E-state index contributed by atoms with van der Waals surface area (Å²) < 4.78 is 28.6. The molecule has 2 fully saturated rings. The molecule has 6 heteroatoms. The minimum absolute atomic E-state index is 0.266. The molecule has 0 unspecified atom stereocenters. The van der Waals surface area contributed by atoms with E-state index < -0.39 is 10.0 Å². The van der Waals surface area contributed by atoms with Crippen molar-refractivity contribution in [3.8, 4) is 0 Å². The van der Waals surface area contributed by atoms with E-state index in [9.17, 15) is 8.42 Å². The summed E-state index contributed by atoms with van der Waals surface area (Å²) in [6, 6.07) is 5.46. The van der Waals surface area contributed by atoms with Crippen molar-refractivity contribution in [1.82, 2.24) is 10.0 Å². The van der Waals surface area contributed by atoms with Gasteiger partial charge in [0.25, 0.3) is 0 Å². The molecule has 0 spiro atoms. The lowest BCUT2D eigenvalue weighted by Gasteiger charge is -2.16. The number of rotatable bonds is 7. The number of halogens is 1. The summed E-state index contributed by atoms with van der Waals surface area (Å²) in [7, 11) is -1.61. The second-order valence-corrected chi connectivity index (χ2v) is 8.85. The van der Waals surface area contributed by atoms with Gasteiger partial charge in [-0.2, -0.15) is 0 Å². The van der Waals surface area contributed by atoms with E-state index in [1.54, 1.807) is 12.1 Å². The van der Waals surface area contributed by atoms with E-state index >= 15 is 0 Å². The quantitative estimate of drug-likeness (QED) is 0.773. The summed E-state index contributed by atoms with van der Waals surface area (Å²) in [5, 5.41) is 3.04. The second kappa shape index (κ2) is 5.65. The van der Waals surface area contributed by atoms with Gasteiger partial charge in [-0.05, 0) is 77.7 Å². The van der Waals surface area contributed by atoms with Crippen LogP contribution in [0.2, 0.25) is 0 Å². The summed E-state index contributed by atoms with van der Waals surface area (Å²) in [5.41, 5.74) is 1.23. The summed E-state index contributed by atoms with van der Waals surface area (Å²) in [4.78, 5) is 0.335. The van der Waals surface area contributed by atoms with Crippen molar-refractivity contribution in [2.45, 2.75) is 37.1 Å². The molecule has 2 N–H and O–H groups in total. The Hall–Kier alpha value is -0.430. The number of sulfonamides is 1. The number of hydrogen-bond donors (Lipinski definition) is 2. The van der Waals surface area contributed by atoms with Crippen LogP contribution in [0.25, 0.3) is 0 Å². The highest BCUT2D eigenvalue weighted by atomic mass is 79.9. The summed E-state index contributed by atoms with van der Waals surface area (Å²) in [6.45, 7) is 1.24. The SMILES string of the molecule is CNCc1ccc(Br)c(S(=O)(=O)NCC2(C3CC3)CC2)c1. The fourth-order valence-electron chi connectivity index (χ4n) is 2.97. The largest absolute Gasteiger partial charge is 0.316 e. The molecule has 0 saturated heterocycles. The maximum atomic E-state index is 12.6. The van der Waals surface area contributed by atoms with Gasteiger partial charge in [0.05, 0.1) is 4.90 Å². The monoisotopic (exact) mass is 372 g/mol. The lowest BCUT2D eigenvalue weighted by atomic mass is 10.0. The van der Waals surface area contributed by atoms with Gasteiger partial charge in [-0.25, -0.2) is 13.1 Å². The first-order valence-electron chi connectivity index (χ1n) is 7.40. The topological polar surface area (TPSA) is 58.2 Å². The van der Waals surface area contributed by atoms with Gasteiger partial charge in [0.1, 0.15) is 0 Å². The van der Waals surface area contributed by atoms with Crippen LogP contribution in [-0.2, 0) is 16.6 Å². The van der Waals surface area contributed by atoms with Gasteiger partial charge >= 0.3 is 0 Å². The van der Waals surface area contributed by atoms with Gasteiger partial charge in [-0.1, -0.05) is 6.07 Å². The third-order valence-corrected chi connectivity index (χ3v) is 7.01. The van der Waals surface area contributed by atoms with E-state index in [0.717, 1.165) is 11.5 Å². The Morgan fingerprint density at radius 3 is 2.62 bits per heavy atom. The molecule has 0 aliphatic heterocycles. The van der Waals surface area contributed by atoms with Crippen molar-refractivity contribution in [2.75, 3.05) is 13.6 Å². The van der Waals surface area contributed by atoms with Crippen molar-refractivity contribution in [2.24, 2.45) is 11.3 Å². The predicted octanol–water partition coefficient (Wildman–Crippen LogP) is 2.64. The minimum Gasteiger partial charge on any atom is -0.316 e. The van der Waals surface area contributed by atoms with Crippen molar-refractivity contribution in [3.05, 3.63) is 28.2 Å². The zero-order chi connectivity index (χ0) is 15.1.